The zero-order valence-electron chi connectivity index (χ0n) is 9.81. The van der Waals surface area contributed by atoms with Crippen LogP contribution in [0.2, 0.25) is 0 Å². The topological polar surface area (TPSA) is 72.6 Å². The third-order valence-corrected chi connectivity index (χ3v) is 2.39. The number of carbonyl (C=O) groups is 1. The lowest BCUT2D eigenvalue weighted by atomic mass is 10.1. The number of carboxylic acids is 1. The van der Waals surface area contributed by atoms with Crippen LogP contribution in [0.25, 0.3) is 11.3 Å². The summed E-state index contributed by atoms with van der Waals surface area (Å²) in [4.78, 5) is 10.7. The van der Waals surface area contributed by atoms with Gasteiger partial charge >= 0.3 is 5.97 Å². The summed E-state index contributed by atoms with van der Waals surface area (Å²) in [7, 11) is 1.41. The molecule has 0 aliphatic carbocycles. The zero-order valence-corrected chi connectivity index (χ0v) is 9.81. The van der Waals surface area contributed by atoms with Gasteiger partial charge in [-0.1, -0.05) is 5.16 Å². The van der Waals surface area contributed by atoms with E-state index < -0.39 is 17.6 Å². The second kappa shape index (κ2) is 5.15. The fourth-order valence-corrected chi connectivity index (χ4v) is 1.58. The smallest absolute Gasteiger partial charge is 0.358 e. The summed E-state index contributed by atoms with van der Waals surface area (Å²) in [5.41, 5.74) is -0.191. The molecule has 100 valence electrons. The number of hydrogen-bond donors (Lipinski definition) is 1. The van der Waals surface area contributed by atoms with Crippen molar-refractivity contribution in [1.29, 1.82) is 0 Å². The van der Waals surface area contributed by atoms with E-state index in [1.54, 1.807) is 0 Å². The third kappa shape index (κ3) is 2.60. The van der Waals surface area contributed by atoms with Crippen molar-refractivity contribution in [1.82, 2.24) is 5.16 Å². The maximum atomic E-state index is 13.7. The first kappa shape index (κ1) is 13.2. The van der Waals surface area contributed by atoms with Gasteiger partial charge in [0.05, 0.1) is 12.2 Å². The molecule has 0 fully saturated rings. The second-order valence-corrected chi connectivity index (χ2v) is 3.75. The van der Waals surface area contributed by atoms with E-state index in [4.69, 9.17) is 14.4 Å². The largest absolute Gasteiger partial charge is 0.476 e. The molecule has 0 saturated heterocycles. The number of carboxylic acid groups (broad SMARTS) is 1. The highest BCUT2D eigenvalue weighted by molar-refractivity contribution is 5.86. The Morgan fingerprint density at radius 2 is 2.16 bits per heavy atom. The molecule has 1 aromatic carbocycles. The standard InChI is InChI=1S/C12H9F2NO4/c1-18-5-6-2-7(11(14)8(13)3-6)10-4-9(12(16)17)15-19-10/h2-4H,5H2,1H3,(H,16,17). The Bertz CT molecular complexity index is 624. The summed E-state index contributed by atoms with van der Waals surface area (Å²) < 4.78 is 36.6. The van der Waals surface area contributed by atoms with Crippen molar-refractivity contribution >= 4 is 5.97 Å². The summed E-state index contributed by atoms with van der Waals surface area (Å²) in [6.45, 7) is 0.0874. The molecule has 1 aromatic heterocycles. The van der Waals surface area contributed by atoms with Crippen LogP contribution in [0.5, 0.6) is 0 Å². The molecule has 0 unspecified atom stereocenters. The Kier molecular flexibility index (Phi) is 3.57. The van der Waals surface area contributed by atoms with E-state index in [1.165, 1.54) is 13.2 Å². The molecule has 7 heteroatoms. The summed E-state index contributed by atoms with van der Waals surface area (Å²) in [5.74, 6) is -3.68. The van der Waals surface area contributed by atoms with Gasteiger partial charge in [0.1, 0.15) is 0 Å². The molecule has 0 atom stereocenters. The maximum absolute atomic E-state index is 13.7. The minimum absolute atomic E-state index is 0.0874. The number of benzene rings is 1. The number of halogens is 2. The average molecular weight is 269 g/mol. The van der Waals surface area contributed by atoms with E-state index in [1.807, 2.05) is 0 Å². The molecule has 0 bridgehead atoms. The van der Waals surface area contributed by atoms with Crippen LogP contribution in [0, 0.1) is 11.6 Å². The van der Waals surface area contributed by atoms with Crippen molar-refractivity contribution in [3.63, 3.8) is 0 Å². The van der Waals surface area contributed by atoms with Crippen molar-refractivity contribution in [3.8, 4) is 11.3 Å². The molecule has 0 amide bonds. The summed E-state index contributed by atoms with van der Waals surface area (Å²) in [6.07, 6.45) is 0. The van der Waals surface area contributed by atoms with Crippen molar-refractivity contribution in [2.75, 3.05) is 7.11 Å². The Morgan fingerprint density at radius 1 is 1.42 bits per heavy atom. The van der Waals surface area contributed by atoms with Crippen LogP contribution in [-0.4, -0.2) is 23.3 Å². The van der Waals surface area contributed by atoms with E-state index >= 15 is 0 Å². The van der Waals surface area contributed by atoms with Gasteiger partial charge in [-0.15, -0.1) is 0 Å². The minimum Gasteiger partial charge on any atom is -0.476 e. The first-order valence-corrected chi connectivity index (χ1v) is 5.20. The number of rotatable bonds is 4. The van der Waals surface area contributed by atoms with Gasteiger partial charge in [0.2, 0.25) is 0 Å². The number of aromatic nitrogens is 1. The molecule has 0 spiro atoms. The molecule has 0 aliphatic heterocycles. The third-order valence-electron chi connectivity index (χ3n) is 2.39. The highest BCUT2D eigenvalue weighted by atomic mass is 19.2. The minimum atomic E-state index is -1.32. The van der Waals surface area contributed by atoms with E-state index in [2.05, 4.69) is 5.16 Å². The number of aromatic carboxylic acids is 1. The normalized spacial score (nSPS) is 10.7. The van der Waals surface area contributed by atoms with Gasteiger partial charge < -0.3 is 14.4 Å². The van der Waals surface area contributed by atoms with Crippen molar-refractivity contribution in [2.45, 2.75) is 6.61 Å². The van der Waals surface area contributed by atoms with E-state index in [0.29, 0.717) is 5.56 Å². The van der Waals surface area contributed by atoms with Gasteiger partial charge in [-0.2, -0.15) is 0 Å². The van der Waals surface area contributed by atoms with Crippen molar-refractivity contribution < 1.29 is 27.9 Å². The Balaban J connectivity index is 2.50. The van der Waals surface area contributed by atoms with Crippen molar-refractivity contribution in [2.24, 2.45) is 0 Å². The number of methoxy groups -OCH3 is 1. The lowest BCUT2D eigenvalue weighted by Crippen LogP contribution is -1.96. The molecular weight excluding hydrogens is 260 g/mol. The number of ether oxygens (including phenoxy) is 1. The SMILES string of the molecule is COCc1cc(F)c(F)c(-c2cc(C(=O)O)no2)c1. The molecule has 1 heterocycles. The summed E-state index contributed by atoms with van der Waals surface area (Å²) >= 11 is 0. The fraction of sp³-hybridized carbons (Fsp3) is 0.167. The predicted octanol–water partition coefficient (Wildman–Crippen LogP) is 2.46. The number of hydrogen-bond acceptors (Lipinski definition) is 4. The molecule has 5 nitrogen and oxygen atoms in total. The van der Waals surface area contributed by atoms with Gasteiger partial charge in [-0.25, -0.2) is 13.6 Å². The van der Waals surface area contributed by atoms with Crippen molar-refractivity contribution in [3.05, 3.63) is 41.1 Å². The van der Waals surface area contributed by atoms with Crippen LogP contribution < -0.4 is 0 Å². The molecule has 19 heavy (non-hydrogen) atoms. The van der Waals surface area contributed by atoms with E-state index in [9.17, 15) is 13.6 Å². The summed E-state index contributed by atoms with van der Waals surface area (Å²) in [5, 5.41) is 11.9. The van der Waals surface area contributed by atoms with E-state index in [-0.39, 0.29) is 23.6 Å². The first-order chi connectivity index (χ1) is 9.02. The van der Waals surface area contributed by atoms with Gasteiger partial charge in [0.25, 0.3) is 0 Å². The highest BCUT2D eigenvalue weighted by Crippen LogP contribution is 2.27. The lowest BCUT2D eigenvalue weighted by molar-refractivity contribution is 0.0686. The second-order valence-electron chi connectivity index (χ2n) is 3.75. The van der Waals surface area contributed by atoms with Gasteiger partial charge in [-0.3, -0.25) is 0 Å². The van der Waals surface area contributed by atoms with Crippen LogP contribution in [0.1, 0.15) is 16.1 Å². The number of nitrogens with zero attached hydrogens (tertiary/aromatic N) is 1. The average Bonchev–Trinajstić information content (AvgIpc) is 2.83. The molecular formula is C12H9F2NO4. The Hall–Kier alpha value is -2.28. The molecule has 0 saturated carbocycles. The molecule has 0 aliphatic rings. The summed E-state index contributed by atoms with van der Waals surface area (Å²) in [6, 6.07) is 3.33. The molecule has 2 rings (SSSR count). The zero-order chi connectivity index (χ0) is 14.0. The molecule has 2 aromatic rings. The molecule has 1 N–H and O–H groups in total. The van der Waals surface area contributed by atoms with E-state index in [0.717, 1.165) is 12.1 Å². The Labute approximate surface area is 106 Å². The monoisotopic (exact) mass is 269 g/mol. The molecule has 0 radical (unpaired) electrons. The van der Waals surface area contributed by atoms with Crippen LogP contribution >= 0.6 is 0 Å². The quantitative estimate of drug-likeness (QED) is 0.923. The predicted molar refractivity (Wildman–Crippen MR) is 59.5 cm³/mol. The lowest BCUT2D eigenvalue weighted by Gasteiger charge is -2.04. The fourth-order valence-electron chi connectivity index (χ4n) is 1.58. The van der Waals surface area contributed by atoms with Crippen LogP contribution in [-0.2, 0) is 11.3 Å². The van der Waals surface area contributed by atoms with Crippen LogP contribution in [0.3, 0.4) is 0 Å². The maximum Gasteiger partial charge on any atom is 0.358 e. The highest BCUT2D eigenvalue weighted by Gasteiger charge is 2.18. The van der Waals surface area contributed by atoms with Gasteiger partial charge in [0.15, 0.2) is 23.1 Å². The van der Waals surface area contributed by atoms with Crippen LogP contribution in [0.15, 0.2) is 22.7 Å². The van der Waals surface area contributed by atoms with Crippen LogP contribution in [0.4, 0.5) is 8.78 Å². The van der Waals surface area contributed by atoms with Gasteiger partial charge in [-0.05, 0) is 17.7 Å². The Morgan fingerprint density at radius 3 is 2.74 bits per heavy atom. The van der Waals surface area contributed by atoms with Gasteiger partial charge in [0, 0.05) is 13.2 Å². The first-order valence-electron chi connectivity index (χ1n) is 5.20.